The standard InChI is InChI=1S/C22H23BrN8O/c23-16-4-3-14-5-8-30(9-6-15(14)12-16)10-7-26-19-17(13-24)21-27-20(18-2-1-11-32-18)29-31(21)22(25)28-19/h1-4,11-13,24,26H,5-10H2,(H2,25,28). The van der Waals surface area contributed by atoms with E-state index >= 15 is 0 Å². The predicted octanol–water partition coefficient (Wildman–Crippen LogP) is 3.24. The molecule has 0 aliphatic carbocycles. The van der Waals surface area contributed by atoms with Gasteiger partial charge in [-0.3, -0.25) is 0 Å². The summed E-state index contributed by atoms with van der Waals surface area (Å²) in [6.45, 7) is 3.57. The third-order valence-corrected chi connectivity index (χ3v) is 6.21. The van der Waals surface area contributed by atoms with Gasteiger partial charge in [0, 0.05) is 36.9 Å². The molecule has 1 aliphatic rings. The van der Waals surface area contributed by atoms with E-state index in [-0.39, 0.29) is 5.95 Å². The van der Waals surface area contributed by atoms with E-state index in [4.69, 9.17) is 15.6 Å². The van der Waals surface area contributed by atoms with Crippen molar-refractivity contribution >= 4 is 39.6 Å². The number of aromatic nitrogens is 4. The van der Waals surface area contributed by atoms with Gasteiger partial charge in [-0.05, 0) is 48.2 Å². The fraction of sp³-hybridized carbons (Fsp3) is 0.273. The molecule has 0 amide bonds. The van der Waals surface area contributed by atoms with Crippen LogP contribution in [0.15, 0.2) is 45.5 Å². The Bertz CT molecular complexity index is 1270. The first-order valence-corrected chi connectivity index (χ1v) is 11.3. The highest BCUT2D eigenvalue weighted by Crippen LogP contribution is 2.24. The van der Waals surface area contributed by atoms with Gasteiger partial charge in [-0.2, -0.15) is 9.50 Å². The van der Waals surface area contributed by atoms with E-state index in [2.05, 4.69) is 59.4 Å². The number of anilines is 2. The third-order valence-electron chi connectivity index (χ3n) is 5.72. The zero-order chi connectivity index (χ0) is 22.1. The van der Waals surface area contributed by atoms with Gasteiger partial charge in [-0.1, -0.05) is 22.0 Å². The summed E-state index contributed by atoms with van der Waals surface area (Å²) in [5, 5.41) is 15.6. The van der Waals surface area contributed by atoms with Gasteiger partial charge in [0.2, 0.25) is 11.8 Å². The molecular formula is C22H23BrN8O. The normalized spacial score (nSPS) is 14.3. The molecule has 0 radical (unpaired) electrons. The molecule has 0 bridgehead atoms. The number of halogens is 1. The molecule has 3 aromatic heterocycles. The van der Waals surface area contributed by atoms with E-state index in [0.29, 0.717) is 35.2 Å². The van der Waals surface area contributed by atoms with Crippen LogP contribution in [0.2, 0.25) is 0 Å². The Hall–Kier alpha value is -3.24. The van der Waals surface area contributed by atoms with Gasteiger partial charge < -0.3 is 25.8 Å². The highest BCUT2D eigenvalue weighted by molar-refractivity contribution is 9.10. The predicted molar refractivity (Wildman–Crippen MR) is 127 cm³/mol. The molecule has 164 valence electrons. The number of furan rings is 1. The first-order chi connectivity index (χ1) is 15.6. The fourth-order valence-electron chi connectivity index (χ4n) is 4.05. The SMILES string of the molecule is N=Cc1c(NCCN2CCc3ccc(Br)cc3CC2)nc(N)n2nc(-c3ccco3)nc12. The quantitative estimate of drug-likeness (QED) is 0.351. The van der Waals surface area contributed by atoms with Crippen LogP contribution in [0.5, 0.6) is 0 Å². The fourth-order valence-corrected chi connectivity index (χ4v) is 4.46. The van der Waals surface area contributed by atoms with Gasteiger partial charge >= 0.3 is 0 Å². The number of hydrogen-bond acceptors (Lipinski definition) is 8. The number of nitrogens with one attached hydrogen (secondary N) is 2. The van der Waals surface area contributed by atoms with Crippen LogP contribution in [0.25, 0.3) is 17.2 Å². The van der Waals surface area contributed by atoms with Gasteiger partial charge in [-0.25, -0.2) is 4.98 Å². The van der Waals surface area contributed by atoms with Crippen molar-refractivity contribution < 1.29 is 4.42 Å². The zero-order valence-electron chi connectivity index (χ0n) is 17.4. The second-order valence-electron chi connectivity index (χ2n) is 7.71. The number of hydrogen-bond donors (Lipinski definition) is 3. The van der Waals surface area contributed by atoms with Gasteiger partial charge in [0.05, 0.1) is 11.8 Å². The Morgan fingerprint density at radius 1 is 1.19 bits per heavy atom. The Balaban J connectivity index is 1.30. The molecule has 5 rings (SSSR count). The van der Waals surface area contributed by atoms with Gasteiger partial charge in [0.25, 0.3) is 0 Å². The molecule has 0 unspecified atom stereocenters. The minimum atomic E-state index is 0.203. The monoisotopic (exact) mass is 494 g/mol. The van der Waals surface area contributed by atoms with E-state index in [0.717, 1.165) is 36.9 Å². The lowest BCUT2D eigenvalue weighted by atomic mass is 10.0. The number of rotatable bonds is 6. The summed E-state index contributed by atoms with van der Waals surface area (Å²) in [6.07, 6.45) is 4.87. The molecule has 0 fully saturated rings. The van der Waals surface area contributed by atoms with Crippen LogP contribution in [0.1, 0.15) is 16.7 Å². The van der Waals surface area contributed by atoms with Crippen molar-refractivity contribution in [1.29, 1.82) is 5.41 Å². The molecule has 32 heavy (non-hydrogen) atoms. The highest BCUT2D eigenvalue weighted by Gasteiger charge is 2.18. The maximum Gasteiger partial charge on any atom is 0.225 e. The average Bonchev–Trinajstić information content (AvgIpc) is 3.43. The number of nitrogen functional groups attached to an aromatic ring is 1. The van der Waals surface area contributed by atoms with Crippen molar-refractivity contribution in [2.24, 2.45) is 0 Å². The molecule has 0 spiro atoms. The van der Waals surface area contributed by atoms with E-state index in [1.54, 1.807) is 18.4 Å². The number of nitrogens with two attached hydrogens (primary N) is 1. The van der Waals surface area contributed by atoms with Gasteiger partial charge in [0.1, 0.15) is 5.82 Å². The minimum Gasteiger partial charge on any atom is -0.461 e. The lowest BCUT2D eigenvalue weighted by molar-refractivity contribution is 0.298. The molecule has 4 heterocycles. The molecule has 10 heteroatoms. The number of fused-ring (bicyclic) bond motifs is 2. The molecular weight excluding hydrogens is 472 g/mol. The van der Waals surface area contributed by atoms with Crippen LogP contribution in [-0.2, 0) is 12.8 Å². The Morgan fingerprint density at radius 3 is 2.81 bits per heavy atom. The number of benzene rings is 1. The van der Waals surface area contributed by atoms with Crippen molar-refractivity contribution in [1.82, 2.24) is 24.5 Å². The average molecular weight is 495 g/mol. The van der Waals surface area contributed by atoms with Crippen LogP contribution in [0.3, 0.4) is 0 Å². The number of nitrogens with zero attached hydrogens (tertiary/aromatic N) is 5. The smallest absolute Gasteiger partial charge is 0.225 e. The maximum absolute atomic E-state index is 7.91. The first-order valence-electron chi connectivity index (χ1n) is 10.5. The Morgan fingerprint density at radius 2 is 2.03 bits per heavy atom. The zero-order valence-corrected chi connectivity index (χ0v) is 19.0. The van der Waals surface area contributed by atoms with Crippen LogP contribution < -0.4 is 11.1 Å². The molecule has 1 aromatic carbocycles. The maximum atomic E-state index is 7.91. The van der Waals surface area contributed by atoms with E-state index in [1.165, 1.54) is 21.9 Å². The van der Waals surface area contributed by atoms with Gasteiger partial charge in [0.15, 0.2) is 11.4 Å². The van der Waals surface area contributed by atoms with Gasteiger partial charge in [-0.15, -0.1) is 5.10 Å². The molecule has 4 aromatic rings. The molecule has 4 N–H and O–H groups in total. The van der Waals surface area contributed by atoms with Crippen molar-refractivity contribution in [3.05, 3.63) is 57.8 Å². The first kappa shape index (κ1) is 20.7. The van der Waals surface area contributed by atoms with E-state index < -0.39 is 0 Å². The second-order valence-corrected chi connectivity index (χ2v) is 8.62. The van der Waals surface area contributed by atoms with E-state index in [9.17, 15) is 0 Å². The Kier molecular flexibility index (Phi) is 5.62. The molecule has 0 saturated heterocycles. The molecule has 0 saturated carbocycles. The van der Waals surface area contributed by atoms with Crippen LogP contribution in [0.4, 0.5) is 11.8 Å². The summed E-state index contributed by atoms with van der Waals surface area (Å²) < 4.78 is 7.96. The van der Waals surface area contributed by atoms with Crippen LogP contribution in [0, 0.1) is 5.41 Å². The molecule has 9 nitrogen and oxygen atoms in total. The van der Waals surface area contributed by atoms with E-state index in [1.807, 2.05) is 0 Å². The van der Waals surface area contributed by atoms with Crippen molar-refractivity contribution in [3.8, 4) is 11.6 Å². The highest BCUT2D eigenvalue weighted by atomic mass is 79.9. The Labute approximate surface area is 193 Å². The summed E-state index contributed by atoms with van der Waals surface area (Å²) >= 11 is 3.57. The van der Waals surface area contributed by atoms with Crippen molar-refractivity contribution in [2.45, 2.75) is 12.8 Å². The topological polar surface area (TPSA) is 121 Å². The summed E-state index contributed by atoms with van der Waals surface area (Å²) in [6, 6.07) is 10.1. The summed E-state index contributed by atoms with van der Waals surface area (Å²) in [7, 11) is 0. The lowest BCUT2D eigenvalue weighted by Gasteiger charge is -2.20. The minimum absolute atomic E-state index is 0.203. The summed E-state index contributed by atoms with van der Waals surface area (Å²) in [4.78, 5) is 11.4. The third kappa shape index (κ3) is 3.98. The lowest BCUT2D eigenvalue weighted by Crippen LogP contribution is -2.31. The van der Waals surface area contributed by atoms with Crippen molar-refractivity contribution in [2.75, 3.05) is 37.2 Å². The summed E-state index contributed by atoms with van der Waals surface area (Å²) in [5.41, 5.74) is 9.98. The second kappa shape index (κ2) is 8.71. The van der Waals surface area contributed by atoms with Crippen molar-refractivity contribution in [3.63, 3.8) is 0 Å². The van der Waals surface area contributed by atoms with Crippen LogP contribution >= 0.6 is 15.9 Å². The summed E-state index contributed by atoms with van der Waals surface area (Å²) in [5.74, 6) is 1.67. The van der Waals surface area contributed by atoms with Crippen LogP contribution in [-0.4, -0.2) is 56.9 Å². The molecule has 1 aliphatic heterocycles. The largest absolute Gasteiger partial charge is 0.461 e. The molecule has 0 atom stereocenters.